The molecule has 0 saturated carbocycles. The summed E-state index contributed by atoms with van der Waals surface area (Å²) in [5, 5.41) is 39.0. The van der Waals surface area contributed by atoms with Crippen LogP contribution >= 0.6 is 0 Å². The maximum absolute atomic E-state index is 12.7. The minimum atomic E-state index is -4.40. The lowest BCUT2D eigenvalue weighted by atomic mass is 10.1. The summed E-state index contributed by atoms with van der Waals surface area (Å²) in [6.07, 6.45) is -5.44. The Balaban J connectivity index is 0.000000247. The van der Waals surface area contributed by atoms with E-state index in [0.717, 1.165) is 35.4 Å². The molecular weight excluding hydrogens is 883 g/mol. The Bertz CT molecular complexity index is 2860. The molecule has 4 heterocycles. The number of hydrogen-bond acceptors (Lipinski definition) is 14. The molecule has 0 radical (unpaired) electrons. The van der Waals surface area contributed by atoms with Crippen LogP contribution in [0.1, 0.15) is 74.2 Å². The van der Waals surface area contributed by atoms with Crippen LogP contribution in [0, 0.1) is 13.8 Å². The summed E-state index contributed by atoms with van der Waals surface area (Å²) >= 11 is 0. The topological polar surface area (TPSA) is 209 Å². The van der Waals surface area contributed by atoms with Gasteiger partial charge in [-0.3, -0.25) is 9.36 Å². The van der Waals surface area contributed by atoms with Gasteiger partial charge in [-0.25, -0.2) is 9.59 Å². The first-order valence-corrected chi connectivity index (χ1v) is 20.0. The van der Waals surface area contributed by atoms with E-state index < -0.39 is 36.8 Å². The lowest BCUT2D eigenvalue weighted by Gasteiger charge is -2.13. The third-order valence-electron chi connectivity index (χ3n) is 9.43. The molecule has 0 aliphatic heterocycles. The highest BCUT2D eigenvalue weighted by molar-refractivity contribution is 5.97. The Morgan fingerprint density at radius 3 is 1.58 bits per heavy atom. The second-order valence-electron chi connectivity index (χ2n) is 14.4. The molecule has 26 heteroatoms. The Kier molecular flexibility index (Phi) is 16.1. The fourth-order valence-corrected chi connectivity index (χ4v) is 5.92. The Morgan fingerprint density at radius 1 is 0.652 bits per heavy atom. The summed E-state index contributed by atoms with van der Waals surface area (Å²) in [6, 6.07) is 13.7. The number of tetrazole rings is 2. The van der Waals surface area contributed by atoms with E-state index in [-0.39, 0.29) is 36.2 Å². The molecule has 0 saturated heterocycles. The zero-order valence-electron chi connectivity index (χ0n) is 37.1. The van der Waals surface area contributed by atoms with Crippen molar-refractivity contribution < 1.29 is 35.8 Å². The fraction of sp³-hybridized carbons (Fsp3) is 0.400. The van der Waals surface area contributed by atoms with E-state index in [0.29, 0.717) is 41.4 Å². The van der Waals surface area contributed by atoms with Gasteiger partial charge in [-0.1, -0.05) is 38.1 Å². The van der Waals surface area contributed by atoms with Crippen molar-refractivity contribution >= 4 is 23.2 Å². The Labute approximate surface area is 372 Å². The molecule has 0 aliphatic rings. The van der Waals surface area contributed by atoms with E-state index in [9.17, 15) is 35.9 Å². The second-order valence-corrected chi connectivity index (χ2v) is 14.4. The van der Waals surface area contributed by atoms with Crippen LogP contribution in [-0.2, 0) is 49.9 Å². The van der Waals surface area contributed by atoms with Crippen molar-refractivity contribution in [2.75, 3.05) is 0 Å². The van der Waals surface area contributed by atoms with Crippen molar-refractivity contribution in [3.05, 3.63) is 116 Å². The van der Waals surface area contributed by atoms with Crippen LogP contribution in [0.15, 0.2) is 90.9 Å². The highest BCUT2D eigenvalue weighted by Gasteiger charge is 2.30. The van der Waals surface area contributed by atoms with E-state index in [2.05, 4.69) is 51.5 Å². The number of aryl methyl sites for hydroxylation is 4. The number of alkyl halides is 6. The van der Waals surface area contributed by atoms with Crippen LogP contribution in [0.3, 0.4) is 0 Å². The van der Waals surface area contributed by atoms with Crippen LogP contribution in [0.4, 0.5) is 26.3 Å². The van der Waals surface area contributed by atoms with Crippen LogP contribution in [-0.4, -0.2) is 94.7 Å². The molecule has 352 valence electrons. The smallest absolute Gasteiger partial charge is 0.408 e. The monoisotopic (exact) mass is 928 g/mol. The number of nitrogens with zero attached hydrogens (tertiary/aromatic N) is 16. The molecular formula is C40H46F6N16O4. The highest BCUT2D eigenvalue weighted by atomic mass is 19.4. The van der Waals surface area contributed by atoms with E-state index in [4.69, 9.17) is 9.47 Å². The summed E-state index contributed by atoms with van der Waals surface area (Å²) in [4.78, 5) is 24.5. The van der Waals surface area contributed by atoms with E-state index in [1.54, 1.807) is 38.1 Å². The number of halogens is 6. The Morgan fingerprint density at radius 2 is 1.14 bits per heavy atom. The van der Waals surface area contributed by atoms with Gasteiger partial charge >= 0.3 is 23.7 Å². The van der Waals surface area contributed by atoms with Crippen molar-refractivity contribution in [1.82, 2.24) is 59.1 Å². The van der Waals surface area contributed by atoms with Gasteiger partial charge in [0, 0.05) is 50.5 Å². The minimum Gasteiger partial charge on any atom is -0.475 e. The predicted molar refractivity (Wildman–Crippen MR) is 229 cm³/mol. The molecule has 0 N–H and O–H groups in total. The van der Waals surface area contributed by atoms with Gasteiger partial charge in [-0.2, -0.15) is 65.5 Å². The lowest BCUT2D eigenvalue weighted by molar-refractivity contribution is -0.143. The second kappa shape index (κ2) is 21.4. The molecule has 0 atom stereocenters. The molecule has 6 aromatic rings. The molecule has 0 aliphatic carbocycles. The first-order valence-electron chi connectivity index (χ1n) is 20.0. The molecule has 0 fully saturated rings. The first kappa shape index (κ1) is 49.5. The molecule has 4 aromatic heterocycles. The number of benzene rings is 2. The highest BCUT2D eigenvalue weighted by Crippen LogP contribution is 2.21. The van der Waals surface area contributed by atoms with Crippen LogP contribution in [0.25, 0.3) is 11.4 Å². The first-order chi connectivity index (χ1) is 31.2. The van der Waals surface area contributed by atoms with E-state index in [1.165, 1.54) is 48.0 Å². The fourth-order valence-electron chi connectivity index (χ4n) is 5.92. The number of aromatic nitrogens is 12. The predicted octanol–water partition coefficient (Wildman–Crippen LogP) is 5.57. The van der Waals surface area contributed by atoms with Gasteiger partial charge in [0.15, 0.2) is 0 Å². The van der Waals surface area contributed by atoms with E-state index in [1.807, 2.05) is 39.8 Å². The standard InChI is InChI=1S/2C20H23F3N8O2/c1-5-18(25-24-14(3)16-9-10-30(26-16)12-20(21,22)23)33-11-15-13(2)7-6-8-17(15)31-19(32)29(4)27-28-31;1-5-18(26-25-14(3)16-9-10-24-30(16)12-20(21,22)23)33-11-15-13(2)7-6-8-17(15)31-19(32)29(4)27-28-31/h2*6-10H,5,11-12H2,1-4H3. The largest absolute Gasteiger partial charge is 0.475 e. The average molecular weight is 929 g/mol. The van der Waals surface area contributed by atoms with Gasteiger partial charge < -0.3 is 9.47 Å². The van der Waals surface area contributed by atoms with Gasteiger partial charge in [-0.15, -0.1) is 10.2 Å². The van der Waals surface area contributed by atoms with Crippen molar-refractivity contribution in [2.45, 2.75) is 93.0 Å². The van der Waals surface area contributed by atoms with Crippen LogP contribution in [0.5, 0.6) is 0 Å². The van der Waals surface area contributed by atoms with Crippen LogP contribution in [0.2, 0.25) is 0 Å². The van der Waals surface area contributed by atoms with Crippen molar-refractivity contribution in [1.29, 1.82) is 0 Å². The molecule has 0 bridgehead atoms. The van der Waals surface area contributed by atoms with Crippen molar-refractivity contribution in [3.63, 3.8) is 0 Å². The normalized spacial score (nSPS) is 12.9. The van der Waals surface area contributed by atoms with Crippen molar-refractivity contribution in [3.8, 4) is 11.4 Å². The summed E-state index contributed by atoms with van der Waals surface area (Å²) in [5.74, 6) is 0.585. The average Bonchev–Trinajstić information content (AvgIpc) is 4.06. The quantitative estimate of drug-likeness (QED) is 0.0575. The number of rotatable bonds is 14. The minimum absolute atomic E-state index is 0.0816. The molecule has 20 nitrogen and oxygen atoms in total. The molecule has 2 aromatic carbocycles. The maximum atomic E-state index is 12.7. The maximum Gasteiger partial charge on any atom is 0.408 e. The van der Waals surface area contributed by atoms with Gasteiger partial charge in [0.2, 0.25) is 11.8 Å². The summed E-state index contributed by atoms with van der Waals surface area (Å²) < 4.78 is 93.6. The number of hydrogen-bond donors (Lipinski definition) is 0. The summed E-state index contributed by atoms with van der Waals surface area (Å²) in [6.45, 7) is 8.31. The third-order valence-corrected chi connectivity index (χ3v) is 9.43. The van der Waals surface area contributed by atoms with Gasteiger partial charge in [0.1, 0.15) is 32.0 Å². The molecule has 0 spiro atoms. The summed E-state index contributed by atoms with van der Waals surface area (Å²) in [5.41, 5.74) is 4.55. The molecule has 66 heavy (non-hydrogen) atoms. The van der Waals surface area contributed by atoms with Crippen molar-refractivity contribution in [2.24, 2.45) is 34.5 Å². The van der Waals surface area contributed by atoms with Gasteiger partial charge in [0.25, 0.3) is 0 Å². The molecule has 6 rings (SSSR count). The van der Waals surface area contributed by atoms with Gasteiger partial charge in [-0.05, 0) is 83.9 Å². The van der Waals surface area contributed by atoms with Gasteiger partial charge in [0.05, 0.1) is 28.5 Å². The third kappa shape index (κ3) is 13.0. The SMILES string of the molecule is CCC(=NN=C(C)c1ccn(CC(F)(F)F)n1)OCc1c(C)cccc1-n1nnn(C)c1=O.CCC(=NN=C(C)c1ccnn1CC(F)(F)F)OCc1c(C)cccc1-n1nnn(C)c1=O. The number of ether oxygens (including phenoxy) is 2. The van der Waals surface area contributed by atoms with E-state index >= 15 is 0 Å². The zero-order chi connectivity index (χ0) is 48.3. The molecule has 0 unspecified atom stereocenters. The summed E-state index contributed by atoms with van der Waals surface area (Å²) in [7, 11) is 3.01. The molecule has 0 amide bonds. The van der Waals surface area contributed by atoms with Crippen LogP contribution < -0.4 is 11.4 Å². The lowest BCUT2D eigenvalue weighted by Crippen LogP contribution is -2.23. The Hall–Kier alpha value is -7.54. The zero-order valence-corrected chi connectivity index (χ0v) is 37.1.